The highest BCUT2D eigenvalue weighted by atomic mass is 16.6. The molecule has 3 N–H and O–H groups in total. The highest BCUT2D eigenvalue weighted by Gasteiger charge is 2.36. The van der Waals surface area contributed by atoms with Gasteiger partial charge in [-0.2, -0.15) is 0 Å². The Balaban J connectivity index is 3.40. The number of alkyl carbamates (subject to hydrolysis) is 1. The normalized spacial score (nSPS) is 12.4. The number of hydrogen-bond acceptors (Lipinski definition) is 7. The number of ether oxygens (including phenoxy) is 2. The predicted molar refractivity (Wildman–Crippen MR) is 157 cm³/mol. The monoisotopic (exact) mass is 573 g/mol. The molecule has 0 saturated heterocycles. The summed E-state index contributed by atoms with van der Waals surface area (Å²) in [6.45, 7) is 8.54. The molecule has 3 amide bonds. The Morgan fingerprint density at radius 3 is 2.32 bits per heavy atom. The number of esters is 1. The van der Waals surface area contributed by atoms with Crippen LogP contribution in [0, 0.1) is 12.3 Å². The van der Waals surface area contributed by atoms with Crippen molar-refractivity contribution in [3.8, 4) is 12.3 Å². The number of benzene rings is 1. The second-order valence-electron chi connectivity index (χ2n) is 10.7. The molecule has 1 rings (SSSR count). The van der Waals surface area contributed by atoms with Crippen molar-refractivity contribution in [3.63, 3.8) is 0 Å². The van der Waals surface area contributed by atoms with Crippen LogP contribution in [0.5, 0.6) is 0 Å². The SMILES string of the molecule is C#Cc1ccccc1C(C(=O)NCCC(=O)OCC)N(CCCCCCCC)C(=O)C(CO)NC(=O)OC(C)(C)C. The van der Waals surface area contributed by atoms with Gasteiger partial charge in [-0.1, -0.05) is 63.1 Å². The molecule has 0 aliphatic heterocycles. The molecule has 0 bridgehead atoms. The molecule has 0 saturated carbocycles. The molecular weight excluding hydrogens is 526 g/mol. The van der Waals surface area contributed by atoms with Gasteiger partial charge in [0.05, 0.1) is 19.6 Å². The van der Waals surface area contributed by atoms with E-state index in [1.165, 1.54) is 4.90 Å². The van der Waals surface area contributed by atoms with Crippen molar-refractivity contribution in [1.29, 1.82) is 0 Å². The second-order valence-corrected chi connectivity index (χ2v) is 10.7. The maximum absolute atomic E-state index is 13.9. The first-order valence-corrected chi connectivity index (χ1v) is 14.4. The van der Waals surface area contributed by atoms with E-state index in [1.54, 1.807) is 52.0 Å². The van der Waals surface area contributed by atoms with Gasteiger partial charge in [-0.15, -0.1) is 6.42 Å². The van der Waals surface area contributed by atoms with E-state index in [2.05, 4.69) is 23.5 Å². The van der Waals surface area contributed by atoms with Gasteiger partial charge in [0.15, 0.2) is 0 Å². The van der Waals surface area contributed by atoms with Gasteiger partial charge in [-0.05, 0) is 45.7 Å². The smallest absolute Gasteiger partial charge is 0.408 e. The Labute approximate surface area is 244 Å². The van der Waals surface area contributed by atoms with Crippen LogP contribution in [0.25, 0.3) is 0 Å². The standard InChI is InChI=1S/C31H47N3O7/c1-7-10-11-12-13-16-21-34(29(38)25(22-35)33-30(39)41-31(4,5)6)27(24-18-15-14-17-23(24)8-2)28(37)32-20-19-26(36)40-9-3/h2,14-15,17-18,25,27,35H,7,9-13,16,19-22H2,1,3-6H3,(H,32,37)(H,33,39). The van der Waals surface area contributed by atoms with Crippen molar-refractivity contribution in [1.82, 2.24) is 15.5 Å². The number of terminal acetylenes is 1. The molecule has 1 aromatic carbocycles. The zero-order chi connectivity index (χ0) is 30.8. The Bertz CT molecular complexity index is 1030. The number of amides is 3. The average Bonchev–Trinajstić information content (AvgIpc) is 2.91. The van der Waals surface area contributed by atoms with E-state index in [0.717, 1.165) is 32.1 Å². The molecule has 0 radical (unpaired) electrons. The van der Waals surface area contributed by atoms with Crippen LogP contribution < -0.4 is 10.6 Å². The summed E-state index contributed by atoms with van der Waals surface area (Å²) in [6, 6.07) is 4.24. The summed E-state index contributed by atoms with van der Waals surface area (Å²) < 4.78 is 10.2. The molecule has 0 aliphatic carbocycles. The van der Waals surface area contributed by atoms with Crippen LogP contribution in [0.4, 0.5) is 4.79 Å². The maximum atomic E-state index is 13.9. The Hall–Kier alpha value is -3.58. The lowest BCUT2D eigenvalue weighted by molar-refractivity contribution is -0.144. The van der Waals surface area contributed by atoms with E-state index >= 15 is 0 Å². The van der Waals surface area contributed by atoms with Gasteiger partial charge >= 0.3 is 12.1 Å². The van der Waals surface area contributed by atoms with E-state index in [9.17, 15) is 24.3 Å². The minimum absolute atomic E-state index is 0.00891. The van der Waals surface area contributed by atoms with Crippen molar-refractivity contribution >= 4 is 23.9 Å². The predicted octanol–water partition coefficient (Wildman–Crippen LogP) is 3.85. The van der Waals surface area contributed by atoms with E-state index in [-0.39, 0.29) is 26.1 Å². The Kier molecular flexibility index (Phi) is 16.2. The molecule has 10 heteroatoms. The molecule has 1 aromatic rings. The topological polar surface area (TPSA) is 134 Å². The molecule has 0 aromatic heterocycles. The Morgan fingerprint density at radius 1 is 1.05 bits per heavy atom. The van der Waals surface area contributed by atoms with Crippen molar-refractivity contribution in [3.05, 3.63) is 35.4 Å². The van der Waals surface area contributed by atoms with E-state index in [0.29, 0.717) is 17.5 Å². The summed E-state index contributed by atoms with van der Waals surface area (Å²) in [5, 5.41) is 15.3. The van der Waals surface area contributed by atoms with Crippen molar-refractivity contribution in [2.24, 2.45) is 0 Å². The Morgan fingerprint density at radius 2 is 1.71 bits per heavy atom. The molecule has 41 heavy (non-hydrogen) atoms. The minimum Gasteiger partial charge on any atom is -0.466 e. The first-order chi connectivity index (χ1) is 19.5. The van der Waals surface area contributed by atoms with Gasteiger partial charge in [0.25, 0.3) is 0 Å². The fraction of sp³-hybridized carbons (Fsp3) is 0.613. The van der Waals surface area contributed by atoms with Crippen LogP contribution >= 0.6 is 0 Å². The quantitative estimate of drug-likeness (QED) is 0.146. The molecule has 228 valence electrons. The number of carbonyl (C=O) groups is 4. The highest BCUT2D eigenvalue weighted by Crippen LogP contribution is 2.26. The minimum atomic E-state index is -1.36. The van der Waals surface area contributed by atoms with E-state index in [4.69, 9.17) is 15.9 Å². The average molecular weight is 574 g/mol. The number of nitrogens with zero attached hydrogens (tertiary/aromatic N) is 1. The third kappa shape index (κ3) is 13.1. The fourth-order valence-corrected chi connectivity index (χ4v) is 4.20. The zero-order valence-corrected chi connectivity index (χ0v) is 25.2. The lowest BCUT2D eigenvalue weighted by Crippen LogP contribution is -2.54. The molecule has 0 fully saturated rings. The molecule has 2 atom stereocenters. The van der Waals surface area contributed by atoms with Crippen LogP contribution in [-0.4, -0.2) is 71.8 Å². The summed E-state index contributed by atoms with van der Waals surface area (Å²) >= 11 is 0. The first-order valence-electron chi connectivity index (χ1n) is 14.4. The second kappa shape index (κ2) is 18.7. The summed E-state index contributed by atoms with van der Waals surface area (Å²) in [4.78, 5) is 53.3. The maximum Gasteiger partial charge on any atom is 0.408 e. The summed E-state index contributed by atoms with van der Waals surface area (Å²) in [5.41, 5.74) is 0.00893. The lowest BCUT2D eigenvalue weighted by Gasteiger charge is -2.34. The van der Waals surface area contributed by atoms with Gasteiger partial charge in [0.1, 0.15) is 17.7 Å². The van der Waals surface area contributed by atoms with Crippen molar-refractivity contribution in [2.45, 2.75) is 97.2 Å². The molecular formula is C31H47N3O7. The van der Waals surface area contributed by atoms with Gasteiger partial charge in [0.2, 0.25) is 11.8 Å². The number of aliphatic hydroxyl groups excluding tert-OH is 1. The molecule has 0 aliphatic rings. The fourth-order valence-electron chi connectivity index (χ4n) is 4.20. The third-order valence-corrected chi connectivity index (χ3v) is 6.11. The highest BCUT2D eigenvalue weighted by molar-refractivity contribution is 5.92. The lowest BCUT2D eigenvalue weighted by atomic mass is 9.97. The largest absolute Gasteiger partial charge is 0.466 e. The van der Waals surface area contributed by atoms with Gasteiger partial charge < -0.3 is 30.1 Å². The van der Waals surface area contributed by atoms with Crippen molar-refractivity contribution < 1.29 is 33.8 Å². The van der Waals surface area contributed by atoms with Crippen LogP contribution in [0.1, 0.15) is 96.7 Å². The summed E-state index contributed by atoms with van der Waals surface area (Å²) in [7, 11) is 0. The number of rotatable bonds is 17. The number of unbranched alkanes of at least 4 members (excludes halogenated alkanes) is 5. The van der Waals surface area contributed by atoms with Crippen LogP contribution in [0.2, 0.25) is 0 Å². The zero-order valence-electron chi connectivity index (χ0n) is 25.2. The van der Waals surface area contributed by atoms with E-state index in [1.807, 2.05) is 0 Å². The number of hydrogen-bond donors (Lipinski definition) is 3. The van der Waals surface area contributed by atoms with Gasteiger partial charge in [-0.25, -0.2) is 4.79 Å². The number of aliphatic hydroxyl groups is 1. The van der Waals surface area contributed by atoms with Crippen molar-refractivity contribution in [2.75, 3.05) is 26.3 Å². The molecule has 10 nitrogen and oxygen atoms in total. The summed E-state index contributed by atoms with van der Waals surface area (Å²) in [5.74, 6) is 0.900. The van der Waals surface area contributed by atoms with Crippen LogP contribution in [0.3, 0.4) is 0 Å². The van der Waals surface area contributed by atoms with Gasteiger partial charge in [-0.3, -0.25) is 14.4 Å². The molecule has 0 heterocycles. The number of nitrogens with one attached hydrogen (secondary N) is 2. The molecule has 2 unspecified atom stereocenters. The summed E-state index contributed by atoms with van der Waals surface area (Å²) in [6.07, 6.45) is 10.5. The van der Waals surface area contributed by atoms with Crippen LogP contribution in [0.15, 0.2) is 24.3 Å². The first kappa shape index (κ1) is 35.4. The molecule has 0 spiro atoms. The van der Waals surface area contributed by atoms with Gasteiger partial charge in [0, 0.05) is 18.7 Å². The third-order valence-electron chi connectivity index (χ3n) is 6.11. The van der Waals surface area contributed by atoms with Crippen LogP contribution in [-0.2, 0) is 23.9 Å². The number of carbonyl (C=O) groups excluding carboxylic acids is 4. The van der Waals surface area contributed by atoms with E-state index < -0.39 is 48.2 Å².